The zero-order valence-corrected chi connectivity index (χ0v) is 24.7. The van der Waals surface area contributed by atoms with Gasteiger partial charge in [0.1, 0.15) is 0 Å². The number of hydrogen-bond acceptors (Lipinski definition) is 9. The summed E-state index contributed by atoms with van der Waals surface area (Å²) in [5, 5.41) is 44.4. The van der Waals surface area contributed by atoms with Crippen LogP contribution in [-0.4, -0.2) is 155 Å². The van der Waals surface area contributed by atoms with Crippen molar-refractivity contribution in [3.05, 3.63) is 29.8 Å². The molecular formula is C27H42N6O8S. The Bertz CT molecular complexity index is 1010. The maximum atomic E-state index is 11.7. The van der Waals surface area contributed by atoms with Crippen LogP contribution in [0.5, 0.6) is 0 Å². The highest BCUT2D eigenvalue weighted by Gasteiger charge is 2.24. The fourth-order valence-corrected chi connectivity index (χ4v) is 5.14. The summed E-state index contributed by atoms with van der Waals surface area (Å²) >= 11 is 5.15. The number of aliphatic carboxylic acids is 4. The van der Waals surface area contributed by atoms with Crippen molar-refractivity contribution >= 4 is 46.9 Å². The van der Waals surface area contributed by atoms with Gasteiger partial charge in [0.25, 0.3) is 0 Å². The van der Waals surface area contributed by atoms with Crippen LogP contribution in [-0.2, 0) is 25.6 Å². The van der Waals surface area contributed by atoms with Crippen molar-refractivity contribution in [1.82, 2.24) is 24.9 Å². The predicted octanol–water partition coefficient (Wildman–Crippen LogP) is -0.288. The molecule has 1 aliphatic rings. The molecule has 0 amide bonds. The van der Waals surface area contributed by atoms with Gasteiger partial charge in [-0.3, -0.25) is 38.8 Å². The first kappa shape index (κ1) is 34.8. The molecule has 1 aromatic rings. The lowest BCUT2D eigenvalue weighted by atomic mass is 9.97. The lowest BCUT2D eigenvalue weighted by molar-refractivity contribution is -0.141. The SMILES string of the molecule is CNC(=S)Nc1ccc(CC2CN(CC(=O)O)CCN(CC(=O)O)CCCN(CC(=O)O)CCN(CC(=O)O)C2)cc1. The van der Waals surface area contributed by atoms with Gasteiger partial charge < -0.3 is 31.1 Å². The van der Waals surface area contributed by atoms with Crippen LogP contribution in [0.15, 0.2) is 24.3 Å². The Morgan fingerprint density at radius 1 is 0.714 bits per heavy atom. The summed E-state index contributed by atoms with van der Waals surface area (Å²) in [7, 11) is 1.71. The summed E-state index contributed by atoms with van der Waals surface area (Å²) in [5.74, 6) is -4.20. The summed E-state index contributed by atoms with van der Waals surface area (Å²) in [4.78, 5) is 53.4. The van der Waals surface area contributed by atoms with Gasteiger partial charge in [0.05, 0.1) is 26.2 Å². The maximum absolute atomic E-state index is 11.7. The second-order valence-electron chi connectivity index (χ2n) is 10.4. The van der Waals surface area contributed by atoms with Crippen molar-refractivity contribution in [3.8, 4) is 0 Å². The van der Waals surface area contributed by atoms with Crippen LogP contribution in [0.25, 0.3) is 0 Å². The van der Waals surface area contributed by atoms with Gasteiger partial charge in [0.2, 0.25) is 0 Å². The van der Waals surface area contributed by atoms with E-state index in [0.717, 1.165) is 11.3 Å². The van der Waals surface area contributed by atoms with E-state index in [1.54, 1.807) is 26.6 Å². The Labute approximate surface area is 250 Å². The third-order valence-corrected chi connectivity index (χ3v) is 7.15. The van der Waals surface area contributed by atoms with E-state index in [1.807, 2.05) is 24.3 Å². The lowest BCUT2D eigenvalue weighted by Crippen LogP contribution is -2.47. The summed E-state index contributed by atoms with van der Waals surface area (Å²) in [6.45, 7) is 1.78. The molecule has 234 valence electrons. The smallest absolute Gasteiger partial charge is 0.317 e. The van der Waals surface area contributed by atoms with Gasteiger partial charge in [0, 0.05) is 65.1 Å². The first-order chi connectivity index (χ1) is 19.9. The van der Waals surface area contributed by atoms with E-state index >= 15 is 0 Å². The molecule has 1 saturated heterocycles. The molecule has 0 aliphatic carbocycles. The van der Waals surface area contributed by atoms with Gasteiger partial charge in [-0.25, -0.2) is 0 Å². The van der Waals surface area contributed by atoms with Crippen molar-refractivity contribution < 1.29 is 39.6 Å². The number of rotatable bonds is 11. The monoisotopic (exact) mass is 610 g/mol. The second-order valence-corrected chi connectivity index (χ2v) is 10.8. The number of benzene rings is 1. The zero-order chi connectivity index (χ0) is 31.1. The number of thiocarbonyl (C=S) groups is 1. The van der Waals surface area contributed by atoms with E-state index in [1.165, 1.54) is 0 Å². The molecule has 15 heteroatoms. The van der Waals surface area contributed by atoms with Crippen molar-refractivity contribution in [2.75, 3.05) is 90.9 Å². The molecule has 0 aromatic heterocycles. The Morgan fingerprint density at radius 3 is 1.52 bits per heavy atom. The summed E-state index contributed by atoms with van der Waals surface area (Å²) in [6, 6.07) is 7.61. The minimum absolute atomic E-state index is 0.176. The Morgan fingerprint density at radius 2 is 1.12 bits per heavy atom. The number of anilines is 1. The first-order valence-electron chi connectivity index (χ1n) is 13.8. The molecule has 0 bridgehead atoms. The van der Waals surface area contributed by atoms with Crippen LogP contribution in [0, 0.1) is 5.92 Å². The molecule has 2 rings (SSSR count). The molecule has 42 heavy (non-hydrogen) atoms. The molecule has 0 radical (unpaired) electrons. The predicted molar refractivity (Wildman–Crippen MR) is 160 cm³/mol. The third-order valence-electron chi connectivity index (χ3n) is 6.85. The zero-order valence-electron chi connectivity index (χ0n) is 23.9. The number of nitrogens with zero attached hydrogens (tertiary/aromatic N) is 4. The molecule has 1 aliphatic heterocycles. The fourth-order valence-electron chi connectivity index (χ4n) is 5.03. The highest BCUT2D eigenvalue weighted by molar-refractivity contribution is 7.80. The highest BCUT2D eigenvalue weighted by atomic mass is 32.1. The van der Waals surface area contributed by atoms with Crippen LogP contribution in [0.3, 0.4) is 0 Å². The molecule has 1 aromatic carbocycles. The van der Waals surface area contributed by atoms with Crippen molar-refractivity contribution in [3.63, 3.8) is 0 Å². The molecule has 14 nitrogen and oxygen atoms in total. The standard InChI is InChI=1S/C27H42N6O8S/c1-28-27(42)29-22-5-3-20(4-6-22)13-21-14-32(18-25(38)39)11-9-30(16-23(34)35)7-2-8-31(17-24(36)37)10-12-33(15-21)19-26(40)41/h3-6,21H,2,7-19H2,1H3,(H,34,35)(H,36,37)(H,38,39)(H,40,41)(H2,28,29,42). The largest absolute Gasteiger partial charge is 0.480 e. The fraction of sp³-hybridized carbons (Fsp3) is 0.593. The quantitative estimate of drug-likeness (QED) is 0.179. The van der Waals surface area contributed by atoms with E-state index in [4.69, 9.17) is 12.2 Å². The van der Waals surface area contributed by atoms with Gasteiger partial charge in [-0.15, -0.1) is 0 Å². The van der Waals surface area contributed by atoms with E-state index < -0.39 is 23.9 Å². The summed E-state index contributed by atoms with van der Waals surface area (Å²) in [5.41, 5.74) is 1.76. The molecule has 0 spiro atoms. The molecule has 0 saturated carbocycles. The Balaban J connectivity index is 2.35. The lowest BCUT2D eigenvalue weighted by Gasteiger charge is -2.34. The van der Waals surface area contributed by atoms with E-state index in [9.17, 15) is 39.6 Å². The average Bonchev–Trinajstić information content (AvgIpc) is 2.89. The topological polar surface area (TPSA) is 186 Å². The van der Waals surface area contributed by atoms with Crippen LogP contribution >= 0.6 is 12.2 Å². The van der Waals surface area contributed by atoms with Crippen molar-refractivity contribution in [2.24, 2.45) is 5.92 Å². The van der Waals surface area contributed by atoms with E-state index in [2.05, 4.69) is 10.6 Å². The van der Waals surface area contributed by atoms with Gasteiger partial charge >= 0.3 is 23.9 Å². The minimum Gasteiger partial charge on any atom is -0.480 e. The molecule has 6 N–H and O–H groups in total. The van der Waals surface area contributed by atoms with Crippen LogP contribution in [0.1, 0.15) is 12.0 Å². The number of carbonyl (C=O) groups is 4. The molecule has 0 atom stereocenters. The number of carboxylic acid groups (broad SMARTS) is 4. The summed E-state index contributed by atoms with van der Waals surface area (Å²) < 4.78 is 0. The van der Waals surface area contributed by atoms with Gasteiger partial charge in [0.15, 0.2) is 5.11 Å². The molecular weight excluding hydrogens is 568 g/mol. The Kier molecular flexibility index (Phi) is 15.1. The number of nitrogens with one attached hydrogen (secondary N) is 2. The minimum atomic E-state index is -1.01. The highest BCUT2D eigenvalue weighted by Crippen LogP contribution is 2.17. The van der Waals surface area contributed by atoms with Crippen LogP contribution in [0.4, 0.5) is 5.69 Å². The van der Waals surface area contributed by atoms with E-state index in [-0.39, 0.29) is 32.1 Å². The molecule has 1 heterocycles. The number of hydrogen-bond donors (Lipinski definition) is 6. The first-order valence-corrected chi connectivity index (χ1v) is 14.2. The molecule has 0 unspecified atom stereocenters. The van der Waals surface area contributed by atoms with Crippen molar-refractivity contribution in [1.29, 1.82) is 0 Å². The number of carboxylic acids is 4. The van der Waals surface area contributed by atoms with Gasteiger partial charge in [-0.05, 0) is 48.7 Å². The van der Waals surface area contributed by atoms with E-state index in [0.29, 0.717) is 70.3 Å². The maximum Gasteiger partial charge on any atom is 0.317 e. The third kappa shape index (κ3) is 14.5. The molecule has 1 fully saturated rings. The second kappa shape index (κ2) is 18.2. The summed E-state index contributed by atoms with van der Waals surface area (Å²) in [6.07, 6.45) is 1.03. The van der Waals surface area contributed by atoms with Crippen molar-refractivity contribution in [2.45, 2.75) is 12.8 Å². The Hall–Kier alpha value is -3.37. The van der Waals surface area contributed by atoms with Gasteiger partial charge in [-0.1, -0.05) is 12.1 Å². The average molecular weight is 611 g/mol. The van der Waals surface area contributed by atoms with Crippen LogP contribution < -0.4 is 10.6 Å². The van der Waals surface area contributed by atoms with Gasteiger partial charge in [-0.2, -0.15) is 0 Å². The normalized spacial score (nSPS) is 17.6. The van der Waals surface area contributed by atoms with Crippen LogP contribution in [0.2, 0.25) is 0 Å².